The molecule has 0 aromatic rings. The first-order valence-electron chi connectivity index (χ1n) is 0.730. The molecule has 0 bridgehead atoms. The molecular formula is H26NaO41PW12-50. The molecule has 0 aromatic carbocycles. The van der Waals surface area contributed by atoms with E-state index in [1.165, 1.54) is 0 Å². The van der Waals surface area contributed by atoms with Gasteiger partial charge in [-0.1, -0.05) is 0 Å². The molecular weight excluding hydrogens is 2920 g/mol. The van der Waals surface area contributed by atoms with Crippen molar-refractivity contribution < 1.29 is 504 Å². The first-order valence-corrected chi connectivity index (χ1v) is 2.19. The van der Waals surface area contributed by atoms with Gasteiger partial charge in [0.1, 0.15) is 0 Å². The quantitative estimate of drug-likeness (QED) is 0.168. The van der Waals surface area contributed by atoms with E-state index in [2.05, 4.69) is 0 Å². The molecule has 0 fully saturated rings. The fourth-order valence-electron chi connectivity index (χ4n) is 0. The summed E-state index contributed by atoms with van der Waals surface area (Å²) in [4.78, 5) is 25.6. The summed E-state index contributed by atoms with van der Waals surface area (Å²) in [7, 11) is -5.39. The van der Waals surface area contributed by atoms with Gasteiger partial charge in [-0.3, -0.25) is 0 Å². The third kappa shape index (κ3) is 3570. The monoisotopic (exact) mass is 2940 g/mol. The normalized spacial score (nSPS) is 1.07. The summed E-state index contributed by atoms with van der Waals surface area (Å²) in [6, 6.07) is 0. The zero-order valence-electron chi connectivity index (χ0n) is 24.3. The van der Waals surface area contributed by atoms with Crippen molar-refractivity contribution in [3.8, 4) is 0 Å². The van der Waals surface area contributed by atoms with Crippen LogP contribution in [0.2, 0.25) is 0 Å². The minimum absolute atomic E-state index is 0. The number of rotatable bonds is 0. The van der Waals surface area contributed by atoms with E-state index in [0.717, 1.165) is 0 Å². The molecule has 55 heavy (non-hydrogen) atoms. The maximum absolute atomic E-state index is 8.55. The zero-order chi connectivity index (χ0) is 4.50. The Kier molecular flexibility index (Phi) is 36800. The van der Waals surface area contributed by atoms with Crippen molar-refractivity contribution >= 4 is 7.82 Å². The van der Waals surface area contributed by atoms with Crippen LogP contribution in [0.15, 0.2) is 0 Å². The van der Waals surface area contributed by atoms with Crippen LogP contribution in [0.5, 0.6) is 0 Å². The molecule has 0 unspecified atom stereocenters. The van der Waals surface area contributed by atoms with Gasteiger partial charge >= 0.3 is 29.6 Å². The van der Waals surface area contributed by atoms with Crippen molar-refractivity contribution in [1.29, 1.82) is 0 Å². The van der Waals surface area contributed by atoms with E-state index in [9.17, 15) is 0 Å². The van der Waals surface area contributed by atoms with Crippen LogP contribution < -0.4 is 44.2 Å². The second kappa shape index (κ2) is 1190. The Balaban J connectivity index is -0.0000000000653. The van der Waals surface area contributed by atoms with Crippen molar-refractivity contribution in [2.45, 2.75) is 0 Å². The number of hydrogen-bond acceptors (Lipinski definition) is 4. The molecule has 0 saturated carbocycles. The standard InChI is InChI=1S/Na.H3O4P.13H2O.24O.12W/c;1-5(2,3)4;;;;;;;;;;;;;;;;;;;;;;;;;;;;;;;;;;;;;;;;;;;;;;;;;/h;(H3,1,2,3,4);13*1H2;;;;;;;;;;;;;;;;;;;;;;;;;;;;;;;;;;;;/q+1;;;;;;;;;;;;;;;24*-2;;;;;;;;;;;;/p-3. The van der Waals surface area contributed by atoms with Gasteiger partial charge in [-0.15, -0.1) is 0 Å². The van der Waals surface area contributed by atoms with Crippen molar-refractivity contribution in [3.63, 3.8) is 0 Å². The van der Waals surface area contributed by atoms with E-state index in [-0.39, 0.29) is 485 Å². The average molecular weight is 2940 g/mol. The van der Waals surface area contributed by atoms with Crippen LogP contribution in [0.3, 0.4) is 0 Å². The van der Waals surface area contributed by atoms with Gasteiger partial charge in [0, 0.05) is 253 Å². The second-order valence-corrected chi connectivity index (χ2v) is 1.34. The molecule has 0 aliphatic rings. The fourth-order valence-corrected chi connectivity index (χ4v) is 0. The molecule has 0 saturated heterocycles. The van der Waals surface area contributed by atoms with Gasteiger partial charge < -0.3 is 222 Å². The topological polar surface area (TPSA) is 1180 Å². The van der Waals surface area contributed by atoms with Crippen LogP contribution in [0.4, 0.5) is 0 Å². The van der Waals surface area contributed by atoms with Gasteiger partial charge in [0.05, 0.1) is 0 Å². The maximum atomic E-state index is 8.55. The Labute approximate surface area is 504 Å². The summed E-state index contributed by atoms with van der Waals surface area (Å²) in [5, 5.41) is 0. The third-order valence-electron chi connectivity index (χ3n) is 0. The van der Waals surface area contributed by atoms with E-state index in [4.69, 9.17) is 19.2 Å². The smallest absolute Gasteiger partial charge is 1.00 e. The SMILES string of the molecule is O.O.O.O.O.O.O.O.O.O.O.O.O.O=P([O-])([O-])[O-].[Na+].[O-2].[O-2].[O-2].[O-2].[O-2].[O-2].[O-2].[O-2].[O-2].[O-2].[O-2].[O-2].[O-2].[O-2].[O-2].[O-2].[O-2].[O-2].[O-2].[O-2].[O-2].[O-2].[O-2].[O-2].[W].[W].[W].[W].[W].[W].[W].[W].[W].[W].[W].[W]. The van der Waals surface area contributed by atoms with E-state index in [0.29, 0.717) is 0 Å². The Morgan fingerprint density at radius 3 is 0.182 bits per heavy atom. The Bertz CT molecular complexity index is 101. The van der Waals surface area contributed by atoms with Crippen molar-refractivity contribution in [2.24, 2.45) is 0 Å². The number of phosphoric acid groups is 1. The largest absolute Gasteiger partial charge is 2.00 e. The maximum Gasteiger partial charge on any atom is 1.00 e. The van der Waals surface area contributed by atoms with Gasteiger partial charge in [-0.25, -0.2) is 0 Å². The third-order valence-corrected chi connectivity index (χ3v) is 0. The van der Waals surface area contributed by atoms with Crippen LogP contribution in [-0.2, 0) is 389 Å². The molecule has 0 aliphatic heterocycles. The van der Waals surface area contributed by atoms with Crippen LogP contribution in [-0.4, -0.2) is 71.2 Å². The van der Waals surface area contributed by atoms with Crippen molar-refractivity contribution in [1.82, 2.24) is 0 Å². The van der Waals surface area contributed by atoms with Crippen molar-refractivity contribution in [3.05, 3.63) is 0 Å². The molecule has 0 radical (unpaired) electrons. The summed E-state index contributed by atoms with van der Waals surface area (Å²) in [6.07, 6.45) is 0. The van der Waals surface area contributed by atoms with E-state index >= 15 is 0 Å². The zero-order valence-corrected chi connectivity index (χ0v) is 62.4. The summed E-state index contributed by atoms with van der Waals surface area (Å²) >= 11 is 0. The van der Waals surface area contributed by atoms with Crippen molar-refractivity contribution in [2.75, 3.05) is 0 Å². The molecule has 0 rings (SSSR count). The summed E-state index contributed by atoms with van der Waals surface area (Å²) in [5.74, 6) is 0. The van der Waals surface area contributed by atoms with Gasteiger partial charge in [0.15, 0.2) is 0 Å². The first-order chi connectivity index (χ1) is 2.00. The fraction of sp³-hybridized carbons (Fsp3) is 0. The first kappa shape index (κ1) is 1700. The van der Waals surface area contributed by atoms with Crippen LogP contribution in [0.1, 0.15) is 0 Å². The second-order valence-electron chi connectivity index (χ2n) is 0.447. The number of hydrogen-bond donors (Lipinski definition) is 0. The van der Waals surface area contributed by atoms with E-state index < -0.39 is 7.82 Å². The molecule has 400 valence electrons. The summed E-state index contributed by atoms with van der Waals surface area (Å²) in [5.41, 5.74) is 0. The minimum Gasteiger partial charge on any atom is -2.00 e. The summed E-state index contributed by atoms with van der Waals surface area (Å²) in [6.45, 7) is 0. The van der Waals surface area contributed by atoms with Gasteiger partial charge in [-0.2, -0.15) is 7.82 Å². The molecule has 0 spiro atoms. The molecule has 55 heteroatoms. The molecule has 0 aromatic heterocycles. The summed E-state index contributed by atoms with van der Waals surface area (Å²) < 4.78 is 8.55. The van der Waals surface area contributed by atoms with Gasteiger partial charge in [0.25, 0.3) is 0 Å². The van der Waals surface area contributed by atoms with Crippen LogP contribution in [0, 0.1) is 0 Å². The van der Waals surface area contributed by atoms with Gasteiger partial charge in [0.2, 0.25) is 0 Å². The molecule has 0 atom stereocenters. The van der Waals surface area contributed by atoms with Gasteiger partial charge in [-0.05, 0) is 0 Å². The molecule has 0 heterocycles. The Morgan fingerprint density at radius 1 is 0.182 bits per heavy atom. The molecule has 0 amide bonds. The Morgan fingerprint density at radius 2 is 0.182 bits per heavy atom. The van der Waals surface area contributed by atoms with E-state index in [1.807, 2.05) is 0 Å². The predicted molar refractivity (Wildman–Crippen MR) is 71.1 cm³/mol. The molecule has 26 N–H and O–H groups in total. The Hall–Kier alpha value is 7.89. The predicted octanol–water partition coefficient (Wildman–Crippen LogP) is -19.4. The minimum atomic E-state index is -5.39. The van der Waals surface area contributed by atoms with E-state index in [1.54, 1.807) is 0 Å². The molecule has 0 aliphatic carbocycles. The average Bonchev–Trinajstić information content (AvgIpc) is 0.722. The van der Waals surface area contributed by atoms with Crippen LogP contribution >= 0.6 is 7.82 Å². The molecule has 41 nitrogen and oxygen atoms in total. The van der Waals surface area contributed by atoms with Crippen LogP contribution in [0.25, 0.3) is 0 Å².